The Labute approximate surface area is 169 Å². The number of fused-ring (bicyclic) bond motifs is 1. The number of aromatic amines is 1. The summed E-state index contributed by atoms with van der Waals surface area (Å²) in [5.41, 5.74) is 1.81. The molecule has 2 aromatic carbocycles. The molecule has 1 heterocycles. The molecule has 0 aliphatic heterocycles. The number of ketones is 1. The van der Waals surface area contributed by atoms with Crippen LogP contribution in [-0.4, -0.2) is 16.0 Å². The summed E-state index contributed by atoms with van der Waals surface area (Å²) >= 11 is 0. The van der Waals surface area contributed by atoms with Gasteiger partial charge in [0.15, 0.2) is 17.4 Å². The molecule has 0 radical (unpaired) electrons. The minimum atomic E-state index is -0.885. The van der Waals surface area contributed by atoms with Crippen LogP contribution in [0.1, 0.15) is 68.3 Å². The van der Waals surface area contributed by atoms with E-state index >= 15 is 0 Å². The third kappa shape index (κ3) is 4.39. The van der Waals surface area contributed by atoms with Crippen LogP contribution in [0.25, 0.3) is 22.0 Å². The van der Waals surface area contributed by atoms with Gasteiger partial charge in [-0.05, 0) is 36.1 Å². The van der Waals surface area contributed by atoms with Crippen molar-refractivity contribution in [2.24, 2.45) is 5.92 Å². The number of carbonyl (C=O) groups is 1. The first-order valence-corrected chi connectivity index (χ1v) is 10.6. The average molecular weight is 396 g/mol. The minimum Gasteiger partial charge on any atom is -0.292 e. The first-order chi connectivity index (χ1) is 14.1. The maximum absolute atomic E-state index is 14.2. The smallest absolute Gasteiger partial charge is 0.183 e. The van der Waals surface area contributed by atoms with Gasteiger partial charge in [0, 0.05) is 17.4 Å². The summed E-state index contributed by atoms with van der Waals surface area (Å²) in [7, 11) is 0. The molecule has 1 aromatic heterocycles. The first kappa shape index (κ1) is 19.7. The highest BCUT2D eigenvalue weighted by molar-refractivity contribution is 6.06. The largest absolute Gasteiger partial charge is 0.292 e. The second kappa shape index (κ2) is 8.85. The van der Waals surface area contributed by atoms with Gasteiger partial charge in [0.2, 0.25) is 0 Å². The number of Topliss-reactive ketones (excluding diaryl/α,β-unsaturated/α-hetero) is 1. The van der Waals surface area contributed by atoms with Gasteiger partial charge in [-0.15, -0.1) is 0 Å². The van der Waals surface area contributed by atoms with Crippen molar-refractivity contribution >= 4 is 16.7 Å². The highest BCUT2D eigenvalue weighted by Gasteiger charge is 2.17. The molecule has 5 heteroatoms. The average Bonchev–Trinajstić information content (AvgIpc) is 3.17. The van der Waals surface area contributed by atoms with Crippen molar-refractivity contribution in [3.63, 3.8) is 0 Å². The fraction of sp³-hybridized carbons (Fsp3) is 0.417. The minimum absolute atomic E-state index is 0.00300. The summed E-state index contributed by atoms with van der Waals surface area (Å²) < 4.78 is 27.8. The van der Waals surface area contributed by atoms with E-state index in [4.69, 9.17) is 0 Å². The lowest BCUT2D eigenvalue weighted by molar-refractivity contribution is 0.0975. The number of hydrogen-bond donors (Lipinski definition) is 1. The fourth-order valence-corrected chi connectivity index (χ4v) is 4.43. The summed E-state index contributed by atoms with van der Waals surface area (Å²) in [4.78, 5) is 12.7. The lowest BCUT2D eigenvalue weighted by atomic mass is 9.85. The number of hydrogen-bond acceptors (Lipinski definition) is 2. The SMILES string of the molecule is O=C(CCCCC1CCCCC1)c1n[nH]c2ccc(-c3cccc(F)c3F)cc12. The molecule has 3 aromatic rings. The van der Waals surface area contributed by atoms with Gasteiger partial charge in [-0.2, -0.15) is 5.10 Å². The Morgan fingerprint density at radius 2 is 1.90 bits per heavy atom. The van der Waals surface area contributed by atoms with Gasteiger partial charge < -0.3 is 0 Å². The predicted octanol–water partition coefficient (Wildman–Crippen LogP) is 6.83. The Morgan fingerprint density at radius 1 is 1.07 bits per heavy atom. The third-order valence-corrected chi connectivity index (χ3v) is 6.08. The van der Waals surface area contributed by atoms with E-state index in [-0.39, 0.29) is 11.3 Å². The van der Waals surface area contributed by atoms with E-state index in [1.54, 1.807) is 18.2 Å². The molecule has 152 valence electrons. The maximum atomic E-state index is 14.2. The molecular weight excluding hydrogens is 370 g/mol. The molecule has 3 nitrogen and oxygen atoms in total. The lowest BCUT2D eigenvalue weighted by Gasteiger charge is -2.21. The van der Waals surface area contributed by atoms with E-state index in [2.05, 4.69) is 10.2 Å². The van der Waals surface area contributed by atoms with E-state index in [9.17, 15) is 13.6 Å². The molecule has 4 rings (SSSR count). The molecule has 1 N–H and O–H groups in total. The summed E-state index contributed by atoms with van der Waals surface area (Å²) in [6.07, 6.45) is 10.3. The van der Waals surface area contributed by atoms with Gasteiger partial charge >= 0.3 is 0 Å². The molecule has 0 bridgehead atoms. The van der Waals surface area contributed by atoms with Gasteiger partial charge in [0.1, 0.15) is 5.69 Å². The number of halogens is 2. The monoisotopic (exact) mass is 396 g/mol. The molecule has 0 unspecified atom stereocenters. The van der Waals surface area contributed by atoms with Crippen molar-refractivity contribution in [1.82, 2.24) is 10.2 Å². The van der Waals surface area contributed by atoms with Crippen LogP contribution in [-0.2, 0) is 0 Å². The van der Waals surface area contributed by atoms with Gasteiger partial charge in [0.25, 0.3) is 0 Å². The van der Waals surface area contributed by atoms with Crippen LogP contribution in [0.3, 0.4) is 0 Å². The van der Waals surface area contributed by atoms with E-state index in [0.29, 0.717) is 23.1 Å². The molecule has 1 aliphatic rings. The van der Waals surface area contributed by atoms with Gasteiger partial charge in [0.05, 0.1) is 5.52 Å². The quantitative estimate of drug-likeness (QED) is 0.351. The number of nitrogens with zero attached hydrogens (tertiary/aromatic N) is 1. The number of unbranched alkanes of at least 4 members (excludes halogenated alkanes) is 1. The number of carbonyl (C=O) groups excluding carboxylic acids is 1. The molecule has 0 atom stereocenters. The molecule has 1 aliphatic carbocycles. The van der Waals surface area contributed by atoms with Crippen LogP contribution >= 0.6 is 0 Å². The summed E-state index contributed by atoms with van der Waals surface area (Å²) in [6, 6.07) is 9.28. The van der Waals surface area contributed by atoms with Gasteiger partial charge in [-0.25, -0.2) is 8.78 Å². The van der Waals surface area contributed by atoms with Crippen LogP contribution in [0, 0.1) is 17.6 Å². The number of H-pyrrole nitrogens is 1. The standard InChI is InChI=1S/C24H26F2N2O/c25-20-11-6-10-18(23(20)26)17-13-14-21-19(15-17)24(28-27-21)22(29)12-5-4-9-16-7-2-1-3-8-16/h6,10-11,13-16H,1-5,7-9,12H2,(H,27,28). The van der Waals surface area contributed by atoms with Crippen LogP contribution in [0.2, 0.25) is 0 Å². The Bertz CT molecular complexity index is 1010. The molecule has 1 saturated carbocycles. The second-order valence-electron chi connectivity index (χ2n) is 8.11. The van der Waals surface area contributed by atoms with Crippen molar-refractivity contribution in [2.45, 2.75) is 57.8 Å². The number of rotatable bonds is 7. The molecule has 29 heavy (non-hydrogen) atoms. The number of aromatic nitrogens is 2. The zero-order valence-corrected chi connectivity index (χ0v) is 16.5. The van der Waals surface area contributed by atoms with E-state index in [0.717, 1.165) is 30.3 Å². The second-order valence-corrected chi connectivity index (χ2v) is 8.11. The first-order valence-electron chi connectivity index (χ1n) is 10.6. The maximum Gasteiger partial charge on any atom is 0.183 e. The normalized spacial score (nSPS) is 15.1. The van der Waals surface area contributed by atoms with Crippen LogP contribution in [0.5, 0.6) is 0 Å². The van der Waals surface area contributed by atoms with E-state index in [1.807, 2.05) is 0 Å². The molecular formula is C24H26F2N2O. The van der Waals surface area contributed by atoms with Crippen molar-refractivity contribution in [3.05, 3.63) is 53.7 Å². The third-order valence-electron chi connectivity index (χ3n) is 6.08. The van der Waals surface area contributed by atoms with Crippen LogP contribution < -0.4 is 0 Å². The molecule has 0 amide bonds. The Balaban J connectivity index is 1.46. The van der Waals surface area contributed by atoms with Crippen molar-refractivity contribution in [2.75, 3.05) is 0 Å². The van der Waals surface area contributed by atoms with Crippen molar-refractivity contribution in [1.29, 1.82) is 0 Å². The number of nitrogens with one attached hydrogen (secondary N) is 1. The molecule has 0 saturated heterocycles. The fourth-order valence-electron chi connectivity index (χ4n) is 4.43. The van der Waals surface area contributed by atoms with Gasteiger partial charge in [-0.3, -0.25) is 9.89 Å². The Morgan fingerprint density at radius 3 is 2.72 bits per heavy atom. The summed E-state index contributed by atoms with van der Waals surface area (Å²) in [5, 5.41) is 7.73. The highest BCUT2D eigenvalue weighted by atomic mass is 19.2. The van der Waals surface area contributed by atoms with Crippen molar-refractivity contribution < 1.29 is 13.6 Å². The number of benzene rings is 2. The molecule has 0 spiro atoms. The lowest BCUT2D eigenvalue weighted by Crippen LogP contribution is -2.06. The van der Waals surface area contributed by atoms with E-state index in [1.165, 1.54) is 50.7 Å². The van der Waals surface area contributed by atoms with Crippen LogP contribution in [0.4, 0.5) is 8.78 Å². The molecule has 1 fully saturated rings. The highest BCUT2D eigenvalue weighted by Crippen LogP contribution is 2.30. The summed E-state index contributed by atoms with van der Waals surface area (Å²) in [6.45, 7) is 0. The topological polar surface area (TPSA) is 45.8 Å². The van der Waals surface area contributed by atoms with Crippen molar-refractivity contribution in [3.8, 4) is 11.1 Å². The van der Waals surface area contributed by atoms with E-state index < -0.39 is 11.6 Å². The van der Waals surface area contributed by atoms with Gasteiger partial charge in [-0.1, -0.05) is 63.1 Å². The zero-order valence-electron chi connectivity index (χ0n) is 16.5. The summed E-state index contributed by atoms with van der Waals surface area (Å²) in [5.74, 6) is -0.944. The zero-order chi connectivity index (χ0) is 20.2. The Kier molecular flexibility index (Phi) is 6.02. The van der Waals surface area contributed by atoms with Crippen LogP contribution in [0.15, 0.2) is 36.4 Å². The Hall–Kier alpha value is -2.56. The predicted molar refractivity (Wildman–Crippen MR) is 111 cm³/mol.